The van der Waals surface area contributed by atoms with Crippen molar-refractivity contribution in [3.8, 4) is 11.5 Å². The predicted molar refractivity (Wildman–Crippen MR) is 60.7 cm³/mol. The minimum absolute atomic E-state index is 0.0947. The molecule has 0 aliphatic carbocycles. The Morgan fingerprint density at radius 3 is 2.76 bits per heavy atom. The number of hydrogen-bond acceptors (Lipinski definition) is 5. The number of nitrogen functional groups attached to an aromatic ring is 1. The van der Waals surface area contributed by atoms with Crippen LogP contribution in [0.25, 0.3) is 0 Å². The summed E-state index contributed by atoms with van der Waals surface area (Å²) in [6, 6.07) is 7.62. The van der Waals surface area contributed by atoms with Gasteiger partial charge in [-0.3, -0.25) is 4.68 Å². The molecule has 0 amide bonds. The second kappa shape index (κ2) is 4.17. The van der Waals surface area contributed by atoms with Crippen LogP contribution in [0.2, 0.25) is 0 Å². The summed E-state index contributed by atoms with van der Waals surface area (Å²) in [6.07, 6.45) is 0. The molecule has 6 heteroatoms. The maximum atomic E-state index is 11.8. The van der Waals surface area contributed by atoms with E-state index in [4.69, 9.17) is 10.5 Å². The number of carbonyl (C=O) groups excluding carboxylic acids is 1. The second-order valence-corrected chi connectivity index (χ2v) is 3.44. The number of phenols is 1. The van der Waals surface area contributed by atoms with Gasteiger partial charge in [-0.05, 0) is 12.1 Å². The highest BCUT2D eigenvalue weighted by molar-refractivity contribution is 5.90. The van der Waals surface area contributed by atoms with E-state index in [1.807, 2.05) is 0 Å². The van der Waals surface area contributed by atoms with E-state index in [0.29, 0.717) is 0 Å². The van der Waals surface area contributed by atoms with Crippen molar-refractivity contribution in [1.82, 2.24) is 9.78 Å². The number of rotatable bonds is 2. The number of hydrogen-bond donors (Lipinski definition) is 2. The molecule has 0 radical (unpaired) electrons. The Bertz CT molecular complexity index is 563. The molecule has 0 bridgehead atoms. The Labute approximate surface area is 97.2 Å². The molecule has 0 saturated carbocycles. The van der Waals surface area contributed by atoms with Crippen molar-refractivity contribution in [3.05, 3.63) is 36.0 Å². The molecule has 88 valence electrons. The van der Waals surface area contributed by atoms with Crippen molar-refractivity contribution in [1.29, 1.82) is 0 Å². The van der Waals surface area contributed by atoms with E-state index in [1.54, 1.807) is 19.2 Å². The van der Waals surface area contributed by atoms with E-state index >= 15 is 0 Å². The van der Waals surface area contributed by atoms with Crippen molar-refractivity contribution >= 4 is 11.8 Å². The molecular formula is C11H11N3O3. The molecule has 2 aromatic rings. The number of para-hydroxylation sites is 2. The van der Waals surface area contributed by atoms with Gasteiger partial charge in [0.25, 0.3) is 0 Å². The number of ether oxygens (including phenoxy) is 1. The highest BCUT2D eigenvalue weighted by atomic mass is 16.5. The Morgan fingerprint density at radius 2 is 2.18 bits per heavy atom. The number of aromatic nitrogens is 2. The standard InChI is InChI=1S/C11H11N3O3/c1-14-7(6-10(12)13-14)11(16)17-9-5-3-2-4-8(9)15/h2-6,15H,1H3,(H2,12,13). The van der Waals surface area contributed by atoms with Gasteiger partial charge in [0.1, 0.15) is 11.5 Å². The van der Waals surface area contributed by atoms with Crippen LogP contribution in [0.4, 0.5) is 5.82 Å². The lowest BCUT2D eigenvalue weighted by molar-refractivity contribution is 0.0718. The van der Waals surface area contributed by atoms with Crippen molar-refractivity contribution in [2.45, 2.75) is 0 Å². The van der Waals surface area contributed by atoms with Crippen LogP contribution in [0, 0.1) is 0 Å². The largest absolute Gasteiger partial charge is 0.504 e. The molecule has 6 nitrogen and oxygen atoms in total. The zero-order valence-corrected chi connectivity index (χ0v) is 9.12. The van der Waals surface area contributed by atoms with Crippen molar-refractivity contribution in [2.75, 3.05) is 5.73 Å². The van der Waals surface area contributed by atoms with Gasteiger partial charge >= 0.3 is 5.97 Å². The zero-order chi connectivity index (χ0) is 12.4. The van der Waals surface area contributed by atoms with E-state index in [-0.39, 0.29) is 23.0 Å². The summed E-state index contributed by atoms with van der Waals surface area (Å²) in [7, 11) is 1.58. The summed E-state index contributed by atoms with van der Waals surface area (Å²) in [5.74, 6) is -0.400. The Hall–Kier alpha value is -2.50. The summed E-state index contributed by atoms with van der Waals surface area (Å²) < 4.78 is 6.34. The smallest absolute Gasteiger partial charge is 0.362 e. The lowest BCUT2D eigenvalue weighted by Gasteiger charge is -2.05. The van der Waals surface area contributed by atoms with Gasteiger partial charge in [0.15, 0.2) is 11.5 Å². The normalized spacial score (nSPS) is 10.2. The number of aryl methyl sites for hydroxylation is 1. The molecule has 0 aliphatic rings. The van der Waals surface area contributed by atoms with E-state index < -0.39 is 5.97 Å². The van der Waals surface area contributed by atoms with Crippen LogP contribution in [0.3, 0.4) is 0 Å². The van der Waals surface area contributed by atoms with Crippen molar-refractivity contribution in [2.24, 2.45) is 7.05 Å². The maximum Gasteiger partial charge on any atom is 0.362 e. The first-order valence-corrected chi connectivity index (χ1v) is 4.87. The van der Waals surface area contributed by atoms with Gasteiger partial charge in [0.2, 0.25) is 0 Å². The molecule has 0 spiro atoms. The molecular weight excluding hydrogens is 222 g/mol. The third-order valence-corrected chi connectivity index (χ3v) is 2.18. The van der Waals surface area contributed by atoms with E-state index in [1.165, 1.54) is 22.9 Å². The Balaban J connectivity index is 2.23. The van der Waals surface area contributed by atoms with Gasteiger partial charge in [-0.1, -0.05) is 12.1 Å². The highest BCUT2D eigenvalue weighted by Gasteiger charge is 2.15. The van der Waals surface area contributed by atoms with E-state index in [9.17, 15) is 9.90 Å². The van der Waals surface area contributed by atoms with Crippen molar-refractivity contribution < 1.29 is 14.6 Å². The summed E-state index contributed by atoms with van der Waals surface area (Å²) in [4.78, 5) is 11.8. The van der Waals surface area contributed by atoms with Crippen LogP contribution in [-0.4, -0.2) is 20.9 Å². The first-order chi connectivity index (χ1) is 8.08. The molecule has 0 atom stereocenters. The number of phenolic OH excluding ortho intramolecular Hbond substituents is 1. The van der Waals surface area contributed by atoms with Crippen LogP contribution in [0.15, 0.2) is 30.3 Å². The number of nitrogens with two attached hydrogens (primary N) is 1. The first kappa shape index (κ1) is 11.0. The molecule has 17 heavy (non-hydrogen) atoms. The number of aromatic hydroxyl groups is 1. The monoisotopic (exact) mass is 233 g/mol. The third-order valence-electron chi connectivity index (χ3n) is 2.18. The fourth-order valence-electron chi connectivity index (χ4n) is 1.38. The molecule has 2 rings (SSSR count). The number of esters is 1. The van der Waals surface area contributed by atoms with Crippen LogP contribution < -0.4 is 10.5 Å². The molecule has 1 heterocycles. The predicted octanol–water partition coefficient (Wildman–Crippen LogP) is 0.927. The molecule has 0 unspecified atom stereocenters. The van der Waals surface area contributed by atoms with Crippen LogP contribution in [0.1, 0.15) is 10.5 Å². The van der Waals surface area contributed by atoms with E-state index in [0.717, 1.165) is 0 Å². The SMILES string of the molecule is Cn1nc(N)cc1C(=O)Oc1ccccc1O. The average Bonchev–Trinajstić information content (AvgIpc) is 2.61. The van der Waals surface area contributed by atoms with Gasteiger partial charge in [-0.15, -0.1) is 0 Å². The van der Waals surface area contributed by atoms with Gasteiger partial charge < -0.3 is 15.6 Å². The lowest BCUT2D eigenvalue weighted by Crippen LogP contribution is -2.13. The first-order valence-electron chi connectivity index (χ1n) is 4.87. The molecule has 3 N–H and O–H groups in total. The number of anilines is 1. The number of benzene rings is 1. The molecule has 0 fully saturated rings. The minimum atomic E-state index is -0.627. The Morgan fingerprint density at radius 1 is 1.47 bits per heavy atom. The van der Waals surface area contributed by atoms with Gasteiger partial charge in [0.05, 0.1) is 0 Å². The second-order valence-electron chi connectivity index (χ2n) is 3.44. The summed E-state index contributed by atoms with van der Waals surface area (Å²) >= 11 is 0. The number of carbonyl (C=O) groups is 1. The van der Waals surface area contributed by atoms with Crippen molar-refractivity contribution in [3.63, 3.8) is 0 Å². The fourth-order valence-corrected chi connectivity index (χ4v) is 1.38. The van der Waals surface area contributed by atoms with Gasteiger partial charge in [-0.25, -0.2) is 4.79 Å². The number of nitrogens with zero attached hydrogens (tertiary/aromatic N) is 2. The average molecular weight is 233 g/mol. The van der Waals surface area contributed by atoms with Crippen LogP contribution >= 0.6 is 0 Å². The summed E-state index contributed by atoms with van der Waals surface area (Å²) in [5, 5.41) is 13.3. The highest BCUT2D eigenvalue weighted by Crippen LogP contribution is 2.25. The molecule has 0 aliphatic heterocycles. The van der Waals surface area contributed by atoms with Crippen LogP contribution in [-0.2, 0) is 7.05 Å². The van der Waals surface area contributed by atoms with Gasteiger partial charge in [0, 0.05) is 13.1 Å². The van der Waals surface area contributed by atoms with Crippen LogP contribution in [0.5, 0.6) is 11.5 Å². The minimum Gasteiger partial charge on any atom is -0.504 e. The molecule has 0 saturated heterocycles. The quantitative estimate of drug-likeness (QED) is 0.594. The van der Waals surface area contributed by atoms with E-state index in [2.05, 4.69) is 5.10 Å². The summed E-state index contributed by atoms with van der Waals surface area (Å²) in [5.41, 5.74) is 5.67. The molecule has 1 aromatic carbocycles. The molecule has 1 aromatic heterocycles. The fraction of sp³-hybridized carbons (Fsp3) is 0.0909. The zero-order valence-electron chi connectivity index (χ0n) is 9.12. The summed E-state index contributed by atoms with van der Waals surface area (Å²) in [6.45, 7) is 0. The maximum absolute atomic E-state index is 11.8. The Kier molecular flexibility index (Phi) is 2.70. The lowest BCUT2D eigenvalue weighted by atomic mass is 10.3. The third kappa shape index (κ3) is 2.20. The van der Waals surface area contributed by atoms with Gasteiger partial charge in [-0.2, -0.15) is 5.10 Å². The topological polar surface area (TPSA) is 90.4 Å².